The molecular formula is C27H28NP. The highest BCUT2D eigenvalue weighted by Gasteiger charge is 2.14. The zero-order valence-corrected chi connectivity index (χ0v) is 18.0. The van der Waals surface area contributed by atoms with Crippen LogP contribution in [0.15, 0.2) is 121 Å². The van der Waals surface area contributed by atoms with Crippen LogP contribution >= 0.6 is 7.92 Å². The molecule has 4 rings (SSSR count). The molecule has 146 valence electrons. The third kappa shape index (κ3) is 6.68. The van der Waals surface area contributed by atoms with Crippen LogP contribution in [0.1, 0.15) is 5.56 Å². The van der Waals surface area contributed by atoms with Gasteiger partial charge in [-0.3, -0.25) is 0 Å². The van der Waals surface area contributed by atoms with Gasteiger partial charge < -0.3 is 4.90 Å². The minimum Gasteiger partial charge on any atom is -0.305 e. The van der Waals surface area contributed by atoms with Gasteiger partial charge in [0.2, 0.25) is 0 Å². The lowest BCUT2D eigenvalue weighted by atomic mass is 10.2. The first kappa shape index (κ1) is 21.0. The summed E-state index contributed by atoms with van der Waals surface area (Å²) in [7, 11) is 3.71. The molecule has 0 atom stereocenters. The Balaban J connectivity index is 0.000000204. The molecule has 4 aromatic rings. The molecule has 29 heavy (non-hydrogen) atoms. The van der Waals surface area contributed by atoms with Crippen molar-refractivity contribution in [1.29, 1.82) is 0 Å². The number of hydrogen-bond acceptors (Lipinski definition) is 1. The first-order valence-electron chi connectivity index (χ1n) is 9.88. The predicted octanol–water partition coefficient (Wildman–Crippen LogP) is 5.19. The van der Waals surface area contributed by atoms with Crippen LogP contribution < -0.4 is 15.9 Å². The molecule has 0 heterocycles. The van der Waals surface area contributed by atoms with E-state index in [0.29, 0.717) is 0 Å². The van der Waals surface area contributed by atoms with Crippen molar-refractivity contribution in [3.63, 3.8) is 0 Å². The van der Waals surface area contributed by atoms with E-state index in [1.165, 1.54) is 21.5 Å². The van der Waals surface area contributed by atoms with Crippen molar-refractivity contribution in [1.82, 2.24) is 4.90 Å². The predicted molar refractivity (Wildman–Crippen MR) is 129 cm³/mol. The largest absolute Gasteiger partial charge is 0.305 e. The molecular weight excluding hydrogens is 369 g/mol. The van der Waals surface area contributed by atoms with Crippen LogP contribution in [0.25, 0.3) is 0 Å². The number of rotatable bonds is 5. The van der Waals surface area contributed by atoms with Crippen LogP contribution in [0.4, 0.5) is 0 Å². The second-order valence-corrected chi connectivity index (χ2v) is 9.29. The lowest BCUT2D eigenvalue weighted by Gasteiger charge is -2.18. The average Bonchev–Trinajstić information content (AvgIpc) is 2.77. The summed E-state index contributed by atoms with van der Waals surface area (Å²) in [6.45, 7) is 1.03. The zero-order valence-electron chi connectivity index (χ0n) is 17.1. The van der Waals surface area contributed by atoms with E-state index < -0.39 is 7.92 Å². The lowest BCUT2D eigenvalue weighted by molar-refractivity contribution is 0.402. The van der Waals surface area contributed by atoms with Crippen LogP contribution in [-0.2, 0) is 6.54 Å². The Labute approximate surface area is 176 Å². The molecule has 0 aromatic heterocycles. The normalized spacial score (nSPS) is 10.5. The molecule has 0 saturated carbocycles. The molecule has 0 radical (unpaired) electrons. The van der Waals surface area contributed by atoms with Crippen molar-refractivity contribution >= 4 is 23.8 Å². The van der Waals surface area contributed by atoms with Gasteiger partial charge in [0.1, 0.15) is 0 Å². The van der Waals surface area contributed by atoms with Gasteiger partial charge in [-0.2, -0.15) is 0 Å². The Morgan fingerprint density at radius 3 is 1.10 bits per heavy atom. The minimum atomic E-state index is -0.446. The standard InChI is InChI=1S/C18H15P.C9H13N/c1-4-10-16(11-5-1)19(17-12-6-2-7-13-17)18-14-8-3-9-15-18;1-10(2)8-9-6-4-3-5-7-9/h1-15H;3-7H,8H2,1-2H3. The maximum absolute atomic E-state index is 2.23. The highest BCUT2D eigenvalue weighted by molar-refractivity contribution is 7.79. The molecule has 0 saturated heterocycles. The molecule has 0 bridgehead atoms. The number of benzene rings is 4. The van der Waals surface area contributed by atoms with Crippen LogP contribution in [0, 0.1) is 0 Å². The van der Waals surface area contributed by atoms with E-state index in [2.05, 4.69) is 134 Å². The third-order valence-corrected chi connectivity index (χ3v) is 6.83. The van der Waals surface area contributed by atoms with Gasteiger partial charge in [0.25, 0.3) is 0 Å². The molecule has 0 spiro atoms. The van der Waals surface area contributed by atoms with Gasteiger partial charge in [-0.15, -0.1) is 0 Å². The fraction of sp³-hybridized carbons (Fsp3) is 0.111. The summed E-state index contributed by atoms with van der Waals surface area (Å²) in [6.07, 6.45) is 0. The summed E-state index contributed by atoms with van der Waals surface area (Å²) in [5, 5.41) is 4.19. The second kappa shape index (κ2) is 11.3. The van der Waals surface area contributed by atoms with Gasteiger partial charge in [-0.25, -0.2) is 0 Å². The van der Waals surface area contributed by atoms with Crippen LogP contribution in [0.5, 0.6) is 0 Å². The number of nitrogens with zero attached hydrogens (tertiary/aromatic N) is 1. The van der Waals surface area contributed by atoms with E-state index in [0.717, 1.165) is 6.54 Å². The fourth-order valence-electron chi connectivity index (χ4n) is 3.13. The molecule has 0 fully saturated rings. The summed E-state index contributed by atoms with van der Waals surface area (Å²) in [5.41, 5.74) is 1.37. The molecule has 0 amide bonds. The molecule has 2 heteroatoms. The summed E-state index contributed by atoms with van der Waals surface area (Å²) in [4.78, 5) is 2.16. The van der Waals surface area contributed by atoms with Crippen molar-refractivity contribution in [2.45, 2.75) is 6.54 Å². The summed E-state index contributed by atoms with van der Waals surface area (Å²) < 4.78 is 0. The van der Waals surface area contributed by atoms with Crippen LogP contribution in [0.3, 0.4) is 0 Å². The molecule has 1 nitrogen and oxygen atoms in total. The van der Waals surface area contributed by atoms with Crippen molar-refractivity contribution in [2.75, 3.05) is 14.1 Å². The van der Waals surface area contributed by atoms with Crippen molar-refractivity contribution in [3.8, 4) is 0 Å². The summed E-state index contributed by atoms with van der Waals surface area (Å²) in [5.74, 6) is 0. The smallest absolute Gasteiger partial charge is 0.0227 e. The monoisotopic (exact) mass is 397 g/mol. The maximum Gasteiger partial charge on any atom is 0.0227 e. The fourth-order valence-corrected chi connectivity index (χ4v) is 5.43. The average molecular weight is 398 g/mol. The van der Waals surface area contributed by atoms with Crippen molar-refractivity contribution in [3.05, 3.63) is 127 Å². The summed E-state index contributed by atoms with van der Waals surface area (Å²) in [6, 6.07) is 42.8. The van der Waals surface area contributed by atoms with E-state index in [9.17, 15) is 0 Å². The Hall–Kier alpha value is -2.73. The summed E-state index contributed by atoms with van der Waals surface area (Å²) >= 11 is 0. The molecule has 0 N–H and O–H groups in total. The molecule has 4 aromatic carbocycles. The van der Waals surface area contributed by atoms with Gasteiger partial charge in [-0.1, -0.05) is 121 Å². The first-order valence-corrected chi connectivity index (χ1v) is 11.2. The van der Waals surface area contributed by atoms with E-state index in [1.807, 2.05) is 6.07 Å². The van der Waals surface area contributed by atoms with Crippen LogP contribution in [-0.4, -0.2) is 19.0 Å². The van der Waals surface area contributed by atoms with Gasteiger partial charge in [0.05, 0.1) is 0 Å². The van der Waals surface area contributed by atoms with Crippen molar-refractivity contribution < 1.29 is 0 Å². The maximum atomic E-state index is 2.23. The Kier molecular flexibility index (Phi) is 8.19. The van der Waals surface area contributed by atoms with E-state index >= 15 is 0 Å². The Morgan fingerprint density at radius 2 is 0.793 bits per heavy atom. The van der Waals surface area contributed by atoms with E-state index in [4.69, 9.17) is 0 Å². The Bertz CT molecular complexity index is 845. The second-order valence-electron chi connectivity index (χ2n) is 7.07. The van der Waals surface area contributed by atoms with Gasteiger partial charge in [-0.05, 0) is 43.5 Å². The molecule has 0 aliphatic carbocycles. The van der Waals surface area contributed by atoms with E-state index in [-0.39, 0.29) is 0 Å². The third-order valence-electron chi connectivity index (χ3n) is 4.38. The molecule has 0 aliphatic heterocycles. The van der Waals surface area contributed by atoms with Gasteiger partial charge in [0, 0.05) is 6.54 Å². The van der Waals surface area contributed by atoms with Gasteiger partial charge in [0.15, 0.2) is 0 Å². The lowest BCUT2D eigenvalue weighted by Crippen LogP contribution is -2.20. The highest BCUT2D eigenvalue weighted by Crippen LogP contribution is 2.32. The van der Waals surface area contributed by atoms with Crippen molar-refractivity contribution in [2.24, 2.45) is 0 Å². The Morgan fingerprint density at radius 1 is 0.483 bits per heavy atom. The molecule has 0 aliphatic rings. The quantitative estimate of drug-likeness (QED) is 0.419. The highest BCUT2D eigenvalue weighted by atomic mass is 31.1. The zero-order chi connectivity index (χ0) is 20.3. The SMILES string of the molecule is CN(C)Cc1ccccc1.c1ccc(P(c2ccccc2)c2ccccc2)cc1. The minimum absolute atomic E-state index is 0.446. The molecule has 0 unspecified atom stereocenters. The van der Waals surface area contributed by atoms with E-state index in [1.54, 1.807) is 0 Å². The van der Waals surface area contributed by atoms with Crippen LogP contribution in [0.2, 0.25) is 0 Å². The van der Waals surface area contributed by atoms with Gasteiger partial charge >= 0.3 is 0 Å². The number of hydrogen-bond donors (Lipinski definition) is 0. The first-order chi connectivity index (χ1) is 14.2. The topological polar surface area (TPSA) is 3.24 Å².